The van der Waals surface area contributed by atoms with Crippen molar-refractivity contribution in [2.24, 2.45) is 0 Å². The zero-order valence-corrected chi connectivity index (χ0v) is 11.4. The summed E-state index contributed by atoms with van der Waals surface area (Å²) in [6.45, 7) is 5.97. The molecule has 1 fully saturated rings. The highest BCUT2D eigenvalue weighted by atomic mass is 16.1. The molecule has 0 saturated carbocycles. The largest absolute Gasteiger partial charge is 0.356 e. The van der Waals surface area contributed by atoms with E-state index in [2.05, 4.69) is 27.9 Å². The van der Waals surface area contributed by atoms with Gasteiger partial charge in [0.2, 0.25) is 0 Å². The minimum atomic E-state index is 0.0181. The number of hydrogen-bond acceptors (Lipinski definition) is 3. The lowest BCUT2D eigenvalue weighted by Gasteiger charge is -2.33. The second-order valence-corrected chi connectivity index (χ2v) is 5.31. The molecule has 1 saturated heterocycles. The van der Waals surface area contributed by atoms with Gasteiger partial charge in [-0.1, -0.05) is 18.2 Å². The first-order valence-electron chi connectivity index (χ1n) is 6.71. The molecule has 0 amide bonds. The Hall–Kier alpha value is -1.81. The second kappa shape index (κ2) is 4.70. The number of aryl methyl sites for hydroxylation is 1. The van der Waals surface area contributed by atoms with Crippen molar-refractivity contribution < 1.29 is 0 Å². The van der Waals surface area contributed by atoms with E-state index in [4.69, 9.17) is 0 Å². The van der Waals surface area contributed by atoms with Gasteiger partial charge in [0, 0.05) is 26.2 Å². The van der Waals surface area contributed by atoms with Gasteiger partial charge in [0.15, 0.2) is 0 Å². The maximum atomic E-state index is 12.2. The Kier molecular flexibility index (Phi) is 3.03. The highest BCUT2D eigenvalue weighted by molar-refractivity contribution is 5.86. The molecule has 4 nitrogen and oxygen atoms in total. The molecule has 1 aromatic heterocycles. The molecule has 0 unspecified atom stereocenters. The zero-order valence-electron chi connectivity index (χ0n) is 11.4. The number of fused-ring (bicyclic) bond motifs is 1. The van der Waals surface area contributed by atoms with Crippen LogP contribution in [0.2, 0.25) is 0 Å². The zero-order chi connectivity index (χ0) is 13.4. The fraction of sp³-hybridized carbons (Fsp3) is 0.400. The molecular weight excluding hydrogens is 238 g/mol. The third-order valence-corrected chi connectivity index (χ3v) is 3.91. The summed E-state index contributed by atoms with van der Waals surface area (Å²) in [6.07, 6.45) is 0. The molecule has 100 valence electrons. The molecule has 0 atom stereocenters. The van der Waals surface area contributed by atoms with Crippen LogP contribution in [0.25, 0.3) is 10.8 Å². The Labute approximate surface area is 112 Å². The van der Waals surface area contributed by atoms with Crippen molar-refractivity contribution in [3.63, 3.8) is 0 Å². The van der Waals surface area contributed by atoms with Crippen LogP contribution >= 0.6 is 0 Å². The molecule has 19 heavy (non-hydrogen) atoms. The van der Waals surface area contributed by atoms with Gasteiger partial charge in [-0.15, -0.1) is 0 Å². The number of aromatic amines is 1. The number of anilines is 1. The number of pyridine rings is 1. The predicted octanol–water partition coefficient (Wildman–Crippen LogP) is 1.59. The lowest BCUT2D eigenvalue weighted by Crippen LogP contribution is -2.45. The number of benzene rings is 1. The first kappa shape index (κ1) is 12.2. The molecule has 4 heteroatoms. The standard InChI is InChI=1S/C15H19N3O/c1-11-4-3-5-12-10-13(16-15(19)14(11)12)18-8-6-17(2)7-9-18/h3-5,10H,6-9H2,1-2H3,(H,16,19). The maximum Gasteiger partial charge on any atom is 0.257 e. The van der Waals surface area contributed by atoms with Gasteiger partial charge < -0.3 is 14.8 Å². The number of aromatic nitrogens is 1. The van der Waals surface area contributed by atoms with E-state index in [-0.39, 0.29) is 5.56 Å². The molecule has 1 aromatic carbocycles. The Morgan fingerprint density at radius 3 is 2.63 bits per heavy atom. The van der Waals surface area contributed by atoms with Crippen LogP contribution in [0, 0.1) is 6.92 Å². The SMILES string of the molecule is Cc1cccc2cc(N3CCN(C)CC3)[nH]c(=O)c12. The van der Waals surface area contributed by atoms with Crippen molar-refractivity contribution >= 4 is 16.6 Å². The monoisotopic (exact) mass is 257 g/mol. The van der Waals surface area contributed by atoms with E-state index in [0.717, 1.165) is 48.3 Å². The molecule has 3 rings (SSSR count). The first-order valence-corrected chi connectivity index (χ1v) is 6.71. The summed E-state index contributed by atoms with van der Waals surface area (Å²) in [4.78, 5) is 19.8. The fourth-order valence-corrected chi connectivity index (χ4v) is 2.70. The number of hydrogen-bond donors (Lipinski definition) is 1. The Bertz CT molecular complexity index is 654. The van der Waals surface area contributed by atoms with Crippen molar-refractivity contribution in [2.75, 3.05) is 38.1 Å². The Morgan fingerprint density at radius 1 is 1.16 bits per heavy atom. The van der Waals surface area contributed by atoms with Crippen LogP contribution in [0.4, 0.5) is 5.82 Å². The summed E-state index contributed by atoms with van der Waals surface area (Å²) in [6, 6.07) is 8.09. The van der Waals surface area contributed by atoms with Crippen molar-refractivity contribution in [2.45, 2.75) is 6.92 Å². The van der Waals surface area contributed by atoms with Gasteiger partial charge in [-0.3, -0.25) is 4.79 Å². The summed E-state index contributed by atoms with van der Waals surface area (Å²) in [5.41, 5.74) is 1.05. The second-order valence-electron chi connectivity index (χ2n) is 5.31. The topological polar surface area (TPSA) is 39.3 Å². The minimum absolute atomic E-state index is 0.0181. The van der Waals surface area contributed by atoms with Crippen molar-refractivity contribution in [1.82, 2.24) is 9.88 Å². The quantitative estimate of drug-likeness (QED) is 0.843. The van der Waals surface area contributed by atoms with E-state index in [9.17, 15) is 4.79 Å². The number of nitrogens with one attached hydrogen (secondary N) is 1. The highest BCUT2D eigenvalue weighted by Gasteiger charge is 2.16. The average molecular weight is 257 g/mol. The van der Waals surface area contributed by atoms with Gasteiger partial charge >= 0.3 is 0 Å². The average Bonchev–Trinajstić information content (AvgIpc) is 2.39. The molecular formula is C15H19N3O. The number of likely N-dealkylation sites (N-methyl/N-ethyl adjacent to an activating group) is 1. The first-order chi connectivity index (χ1) is 9.15. The molecule has 0 bridgehead atoms. The van der Waals surface area contributed by atoms with Crippen molar-refractivity contribution in [1.29, 1.82) is 0 Å². The maximum absolute atomic E-state index is 12.2. The number of piperazine rings is 1. The van der Waals surface area contributed by atoms with E-state index in [1.54, 1.807) is 0 Å². The van der Waals surface area contributed by atoms with Crippen LogP contribution in [0.1, 0.15) is 5.56 Å². The number of H-pyrrole nitrogens is 1. The molecule has 0 radical (unpaired) electrons. The van der Waals surface area contributed by atoms with Crippen LogP contribution in [0.5, 0.6) is 0 Å². The van der Waals surface area contributed by atoms with Gasteiger partial charge in [-0.2, -0.15) is 0 Å². The van der Waals surface area contributed by atoms with E-state index in [1.165, 1.54) is 0 Å². The van der Waals surface area contributed by atoms with Gasteiger partial charge in [0.05, 0.1) is 5.39 Å². The summed E-state index contributed by atoms with van der Waals surface area (Å²) < 4.78 is 0. The van der Waals surface area contributed by atoms with Crippen LogP contribution in [-0.2, 0) is 0 Å². The molecule has 0 aliphatic carbocycles. The van der Waals surface area contributed by atoms with E-state index < -0.39 is 0 Å². The molecule has 2 heterocycles. The summed E-state index contributed by atoms with van der Waals surface area (Å²) in [7, 11) is 2.13. The Balaban J connectivity index is 2.04. The molecule has 1 N–H and O–H groups in total. The highest BCUT2D eigenvalue weighted by Crippen LogP contribution is 2.19. The molecule has 0 spiro atoms. The smallest absolute Gasteiger partial charge is 0.257 e. The van der Waals surface area contributed by atoms with Crippen LogP contribution in [-0.4, -0.2) is 43.1 Å². The van der Waals surface area contributed by atoms with Crippen LogP contribution in [0.3, 0.4) is 0 Å². The predicted molar refractivity (Wildman–Crippen MR) is 79.0 cm³/mol. The fourth-order valence-electron chi connectivity index (χ4n) is 2.70. The third-order valence-electron chi connectivity index (χ3n) is 3.91. The van der Waals surface area contributed by atoms with E-state index in [1.807, 2.05) is 25.1 Å². The summed E-state index contributed by atoms with van der Waals surface area (Å²) in [5, 5.41) is 1.83. The summed E-state index contributed by atoms with van der Waals surface area (Å²) >= 11 is 0. The molecule has 1 aliphatic rings. The lowest BCUT2D eigenvalue weighted by molar-refractivity contribution is 0.312. The van der Waals surface area contributed by atoms with Gasteiger partial charge in [0.1, 0.15) is 5.82 Å². The third kappa shape index (κ3) is 2.24. The molecule has 1 aliphatic heterocycles. The van der Waals surface area contributed by atoms with Crippen molar-refractivity contribution in [3.05, 3.63) is 40.2 Å². The minimum Gasteiger partial charge on any atom is -0.356 e. The van der Waals surface area contributed by atoms with Crippen LogP contribution < -0.4 is 10.5 Å². The Morgan fingerprint density at radius 2 is 1.89 bits per heavy atom. The van der Waals surface area contributed by atoms with Crippen LogP contribution in [0.15, 0.2) is 29.1 Å². The number of nitrogens with zero attached hydrogens (tertiary/aromatic N) is 2. The van der Waals surface area contributed by atoms with Gasteiger partial charge in [-0.25, -0.2) is 0 Å². The van der Waals surface area contributed by atoms with Crippen molar-refractivity contribution in [3.8, 4) is 0 Å². The summed E-state index contributed by atoms with van der Waals surface area (Å²) in [5.74, 6) is 0.941. The van der Waals surface area contributed by atoms with E-state index >= 15 is 0 Å². The van der Waals surface area contributed by atoms with E-state index in [0.29, 0.717) is 0 Å². The number of rotatable bonds is 1. The molecule has 2 aromatic rings. The van der Waals surface area contributed by atoms with Gasteiger partial charge in [-0.05, 0) is 31.0 Å². The lowest BCUT2D eigenvalue weighted by atomic mass is 10.1. The normalized spacial score (nSPS) is 17.1. The van der Waals surface area contributed by atoms with Gasteiger partial charge in [0.25, 0.3) is 5.56 Å².